The number of amides is 1. The van der Waals surface area contributed by atoms with E-state index in [9.17, 15) is 4.79 Å². The molecule has 32 heavy (non-hydrogen) atoms. The lowest BCUT2D eigenvalue weighted by atomic mass is 9.76. The van der Waals surface area contributed by atoms with Crippen molar-refractivity contribution in [3.63, 3.8) is 0 Å². The molecule has 0 atom stereocenters. The first-order valence-electron chi connectivity index (χ1n) is 10.7. The number of carbonyl (C=O) groups excluding carboxylic acids is 1. The highest BCUT2D eigenvalue weighted by atomic mass is 35.5. The van der Waals surface area contributed by atoms with Crippen molar-refractivity contribution in [2.24, 2.45) is 0 Å². The first-order valence-corrected chi connectivity index (χ1v) is 11.5. The second kappa shape index (κ2) is 10.8. The average molecular weight is 473 g/mol. The highest BCUT2D eigenvalue weighted by Crippen LogP contribution is 2.32. The fourth-order valence-corrected chi connectivity index (χ4v) is 4.22. The lowest BCUT2D eigenvalue weighted by Crippen LogP contribution is -2.40. The molecule has 0 spiro atoms. The van der Waals surface area contributed by atoms with Gasteiger partial charge < -0.3 is 10.1 Å². The molecular weight excluding hydrogens is 444 g/mol. The molecule has 0 saturated heterocycles. The Bertz CT molecular complexity index is 1090. The quantitative estimate of drug-likeness (QED) is 0.380. The standard InChI is InChI=1S/C24H29ClN4O2S/c1-4-24(5-2,18-8-10-19(25)11-9-18)16-26-21(30)14-15-29-22(27-28-23(29)32)17-6-12-20(31-3)13-7-17/h6-13H,4-5,14-16H2,1-3H3,(H,26,30)(H,28,32). The third-order valence-corrected chi connectivity index (χ3v) is 6.67. The second-order valence-electron chi connectivity index (χ2n) is 7.75. The van der Waals surface area contributed by atoms with Gasteiger partial charge in [-0.1, -0.05) is 37.6 Å². The van der Waals surface area contributed by atoms with Crippen molar-refractivity contribution in [2.45, 2.75) is 45.1 Å². The van der Waals surface area contributed by atoms with Gasteiger partial charge in [-0.25, -0.2) is 0 Å². The smallest absolute Gasteiger partial charge is 0.221 e. The zero-order valence-electron chi connectivity index (χ0n) is 18.7. The van der Waals surface area contributed by atoms with Crippen molar-refractivity contribution in [3.8, 4) is 17.1 Å². The van der Waals surface area contributed by atoms with Gasteiger partial charge in [-0.3, -0.25) is 14.5 Å². The number of methoxy groups -OCH3 is 1. The average Bonchev–Trinajstić information content (AvgIpc) is 3.19. The van der Waals surface area contributed by atoms with Gasteiger partial charge in [0.15, 0.2) is 10.6 Å². The minimum Gasteiger partial charge on any atom is -0.497 e. The summed E-state index contributed by atoms with van der Waals surface area (Å²) in [5.41, 5.74) is 1.96. The number of H-pyrrole nitrogens is 1. The van der Waals surface area contributed by atoms with Crippen LogP contribution in [0.15, 0.2) is 48.5 Å². The summed E-state index contributed by atoms with van der Waals surface area (Å²) in [7, 11) is 1.63. The molecule has 6 nitrogen and oxygen atoms in total. The molecular formula is C24H29ClN4O2S. The SMILES string of the molecule is CCC(CC)(CNC(=O)CCn1c(-c2ccc(OC)cc2)n[nH]c1=S)c1ccc(Cl)cc1. The number of nitrogens with one attached hydrogen (secondary N) is 2. The molecule has 0 fully saturated rings. The zero-order chi connectivity index (χ0) is 23.1. The van der Waals surface area contributed by atoms with E-state index in [1.54, 1.807) is 7.11 Å². The van der Waals surface area contributed by atoms with E-state index in [1.165, 1.54) is 5.56 Å². The molecule has 8 heteroatoms. The van der Waals surface area contributed by atoms with Crippen LogP contribution < -0.4 is 10.1 Å². The van der Waals surface area contributed by atoms with E-state index in [0.29, 0.717) is 35.1 Å². The van der Waals surface area contributed by atoms with Gasteiger partial charge >= 0.3 is 0 Å². The largest absolute Gasteiger partial charge is 0.497 e. The summed E-state index contributed by atoms with van der Waals surface area (Å²) in [5, 5.41) is 11.0. The van der Waals surface area contributed by atoms with Crippen LogP contribution in [0, 0.1) is 4.77 Å². The molecule has 0 aliphatic heterocycles. The molecule has 0 bridgehead atoms. The molecule has 0 radical (unpaired) electrons. The first-order chi connectivity index (χ1) is 15.4. The zero-order valence-corrected chi connectivity index (χ0v) is 20.2. The monoisotopic (exact) mass is 472 g/mol. The summed E-state index contributed by atoms with van der Waals surface area (Å²) < 4.78 is 7.55. The maximum Gasteiger partial charge on any atom is 0.221 e. The molecule has 1 aromatic heterocycles. The van der Waals surface area contributed by atoms with Crippen molar-refractivity contribution >= 4 is 29.7 Å². The third kappa shape index (κ3) is 5.40. The number of aromatic nitrogens is 3. The Morgan fingerprint density at radius 3 is 2.41 bits per heavy atom. The van der Waals surface area contributed by atoms with E-state index in [2.05, 4.69) is 29.4 Å². The predicted molar refractivity (Wildman–Crippen MR) is 131 cm³/mol. The maximum atomic E-state index is 12.7. The van der Waals surface area contributed by atoms with Crippen molar-refractivity contribution in [2.75, 3.05) is 13.7 Å². The maximum absolute atomic E-state index is 12.7. The highest BCUT2D eigenvalue weighted by molar-refractivity contribution is 7.71. The van der Waals surface area contributed by atoms with Crippen LogP contribution in [0.3, 0.4) is 0 Å². The number of nitrogens with zero attached hydrogens (tertiary/aromatic N) is 2. The lowest BCUT2D eigenvalue weighted by molar-refractivity contribution is -0.121. The summed E-state index contributed by atoms with van der Waals surface area (Å²) in [6.07, 6.45) is 2.14. The van der Waals surface area contributed by atoms with Crippen molar-refractivity contribution < 1.29 is 9.53 Å². The summed E-state index contributed by atoms with van der Waals surface area (Å²) >= 11 is 11.4. The Hall–Kier alpha value is -2.64. The highest BCUT2D eigenvalue weighted by Gasteiger charge is 2.29. The van der Waals surface area contributed by atoms with Crippen molar-refractivity contribution in [1.29, 1.82) is 0 Å². The topological polar surface area (TPSA) is 71.9 Å². The molecule has 3 rings (SSSR count). The van der Waals surface area contributed by atoms with Crippen molar-refractivity contribution in [1.82, 2.24) is 20.1 Å². The summed E-state index contributed by atoms with van der Waals surface area (Å²) in [4.78, 5) is 12.7. The molecule has 0 aliphatic rings. The Kier molecular flexibility index (Phi) is 8.10. The second-order valence-corrected chi connectivity index (χ2v) is 8.58. The number of aromatic amines is 1. The van der Waals surface area contributed by atoms with Gasteiger partial charge in [-0.2, -0.15) is 5.10 Å². The van der Waals surface area contributed by atoms with Crippen LogP contribution in [0.1, 0.15) is 38.7 Å². The number of halogens is 1. The third-order valence-electron chi connectivity index (χ3n) is 6.10. The Morgan fingerprint density at radius 1 is 1.16 bits per heavy atom. The van der Waals surface area contributed by atoms with Crippen LogP contribution in [0.25, 0.3) is 11.4 Å². The number of hydrogen-bond donors (Lipinski definition) is 2. The Morgan fingerprint density at radius 2 is 1.81 bits per heavy atom. The molecule has 1 heterocycles. The molecule has 0 saturated carbocycles. The van der Waals surface area contributed by atoms with E-state index in [-0.39, 0.29) is 11.3 Å². The van der Waals surface area contributed by atoms with Crippen LogP contribution in [0.5, 0.6) is 5.75 Å². The minimum atomic E-state index is -0.125. The predicted octanol–water partition coefficient (Wildman–Crippen LogP) is 5.53. The van der Waals surface area contributed by atoms with Gasteiger partial charge in [0.05, 0.1) is 7.11 Å². The molecule has 0 aliphatic carbocycles. The van der Waals surface area contributed by atoms with E-state index >= 15 is 0 Å². The van der Waals surface area contributed by atoms with Gasteiger partial charge in [0.2, 0.25) is 5.91 Å². The molecule has 0 unspecified atom stereocenters. The number of benzene rings is 2. The molecule has 2 N–H and O–H groups in total. The summed E-state index contributed by atoms with van der Waals surface area (Å²) in [6, 6.07) is 15.5. The van der Waals surface area contributed by atoms with Gasteiger partial charge in [-0.15, -0.1) is 0 Å². The van der Waals surface area contributed by atoms with Gasteiger partial charge in [0.25, 0.3) is 0 Å². The fraction of sp³-hybridized carbons (Fsp3) is 0.375. The van der Waals surface area contributed by atoms with Gasteiger partial charge in [0.1, 0.15) is 5.75 Å². The van der Waals surface area contributed by atoms with E-state index < -0.39 is 0 Å². The Balaban J connectivity index is 1.66. The number of ether oxygens (including phenoxy) is 1. The number of rotatable bonds is 10. The van der Waals surface area contributed by atoms with Crippen LogP contribution in [0.4, 0.5) is 0 Å². The molecule has 170 valence electrons. The molecule has 2 aromatic carbocycles. The minimum absolute atomic E-state index is 0.0194. The first kappa shape index (κ1) is 24.0. The molecule has 1 amide bonds. The van der Waals surface area contributed by atoms with Crippen LogP contribution in [0.2, 0.25) is 5.02 Å². The van der Waals surface area contributed by atoms with Crippen LogP contribution >= 0.6 is 23.8 Å². The Labute approximate surface area is 199 Å². The summed E-state index contributed by atoms with van der Waals surface area (Å²) in [5.74, 6) is 1.45. The van der Waals surface area contributed by atoms with Crippen LogP contribution in [-0.4, -0.2) is 34.3 Å². The lowest BCUT2D eigenvalue weighted by Gasteiger charge is -2.32. The number of carbonyl (C=O) groups is 1. The van der Waals surface area contributed by atoms with Crippen molar-refractivity contribution in [3.05, 3.63) is 63.9 Å². The fourth-order valence-electron chi connectivity index (χ4n) is 3.87. The number of hydrogen-bond acceptors (Lipinski definition) is 4. The van der Waals surface area contributed by atoms with Crippen LogP contribution in [-0.2, 0) is 16.8 Å². The van der Waals surface area contributed by atoms with Gasteiger partial charge in [0, 0.05) is 35.5 Å². The molecule has 3 aromatic rings. The van der Waals surface area contributed by atoms with E-state index in [0.717, 1.165) is 24.2 Å². The van der Waals surface area contributed by atoms with Gasteiger partial charge in [-0.05, 0) is 67.0 Å². The van der Waals surface area contributed by atoms with E-state index in [1.807, 2.05) is 53.1 Å². The summed E-state index contributed by atoms with van der Waals surface area (Å²) in [6.45, 7) is 5.31. The normalized spacial score (nSPS) is 11.4. The van der Waals surface area contributed by atoms with E-state index in [4.69, 9.17) is 28.6 Å².